The molecule has 27 heavy (non-hydrogen) atoms. The maximum Gasteiger partial charge on any atom is 0.272 e. The zero-order chi connectivity index (χ0) is 19.2. The number of rotatable bonds is 7. The molecule has 0 spiro atoms. The van der Waals surface area contributed by atoms with E-state index in [9.17, 15) is 9.59 Å². The molecule has 1 aromatic carbocycles. The number of fused-ring (bicyclic) bond motifs is 1. The lowest BCUT2D eigenvalue weighted by molar-refractivity contribution is -0.116. The lowest BCUT2D eigenvalue weighted by Crippen LogP contribution is -2.33. The third-order valence-electron chi connectivity index (χ3n) is 3.99. The van der Waals surface area contributed by atoms with Gasteiger partial charge in [-0.25, -0.2) is 4.98 Å². The molecular weight excluding hydrogens is 380 g/mol. The monoisotopic (exact) mass is 398 g/mol. The zero-order valence-corrected chi connectivity index (χ0v) is 16.4. The summed E-state index contributed by atoms with van der Waals surface area (Å²) in [5, 5.41) is 11.3. The van der Waals surface area contributed by atoms with Crippen molar-refractivity contribution in [2.24, 2.45) is 0 Å². The number of para-hydroxylation sites is 1. The Balaban J connectivity index is 1.82. The minimum Gasteiger partial charge on any atom is -0.311 e. The van der Waals surface area contributed by atoms with Gasteiger partial charge in [-0.1, -0.05) is 30.0 Å². The molecule has 3 rings (SSSR count). The van der Waals surface area contributed by atoms with Crippen LogP contribution in [0.5, 0.6) is 0 Å². The van der Waals surface area contributed by atoms with Gasteiger partial charge in [0.25, 0.3) is 5.56 Å². The van der Waals surface area contributed by atoms with Gasteiger partial charge >= 0.3 is 0 Å². The summed E-state index contributed by atoms with van der Waals surface area (Å²) < 4.78 is 2.23. The number of carbonyl (C=O) groups is 1. The summed E-state index contributed by atoms with van der Waals surface area (Å²) in [4.78, 5) is 31.5. The van der Waals surface area contributed by atoms with Gasteiger partial charge in [-0.2, -0.15) is 5.26 Å². The first-order valence-corrected chi connectivity index (χ1v) is 10.4. The molecule has 8 heteroatoms. The summed E-state index contributed by atoms with van der Waals surface area (Å²) in [7, 11) is 0. The standard InChI is InChI=1S/C19H18N4O2S2/c1-2-22-18(25)17-15(9-12-26-17)21-19(22)27-13-16(24)23(11-6-10-20)14-7-4-3-5-8-14/h3-5,7-9,12H,2,6,11,13H2,1H3. The largest absolute Gasteiger partial charge is 0.311 e. The van der Waals surface area contributed by atoms with Gasteiger partial charge in [0.15, 0.2) is 5.16 Å². The summed E-state index contributed by atoms with van der Waals surface area (Å²) in [6.07, 6.45) is 0.254. The molecule has 0 N–H and O–H groups in total. The van der Waals surface area contributed by atoms with Crippen LogP contribution < -0.4 is 10.5 Å². The third-order valence-corrected chi connectivity index (χ3v) is 5.84. The summed E-state index contributed by atoms with van der Waals surface area (Å²) in [6, 6.07) is 13.2. The number of hydrogen-bond acceptors (Lipinski definition) is 6. The van der Waals surface area contributed by atoms with Crippen molar-refractivity contribution in [3.8, 4) is 6.07 Å². The van der Waals surface area contributed by atoms with Gasteiger partial charge < -0.3 is 4.90 Å². The number of thioether (sulfide) groups is 1. The molecule has 0 aliphatic carbocycles. The van der Waals surface area contributed by atoms with Crippen molar-refractivity contribution in [3.63, 3.8) is 0 Å². The fourth-order valence-corrected chi connectivity index (χ4v) is 4.40. The van der Waals surface area contributed by atoms with Crippen LogP contribution in [0.2, 0.25) is 0 Å². The van der Waals surface area contributed by atoms with E-state index in [-0.39, 0.29) is 23.6 Å². The van der Waals surface area contributed by atoms with Crippen LogP contribution in [0.15, 0.2) is 51.7 Å². The summed E-state index contributed by atoms with van der Waals surface area (Å²) in [6.45, 7) is 2.71. The first kappa shape index (κ1) is 19.1. The van der Waals surface area contributed by atoms with Crippen molar-refractivity contribution in [1.29, 1.82) is 5.26 Å². The Bertz CT molecular complexity index is 1040. The van der Waals surface area contributed by atoms with E-state index in [4.69, 9.17) is 5.26 Å². The predicted molar refractivity (Wildman–Crippen MR) is 109 cm³/mol. The van der Waals surface area contributed by atoms with E-state index in [0.717, 1.165) is 5.69 Å². The first-order chi connectivity index (χ1) is 13.2. The number of hydrogen-bond donors (Lipinski definition) is 0. The van der Waals surface area contributed by atoms with Gasteiger partial charge in [0, 0.05) is 18.8 Å². The molecule has 2 aromatic heterocycles. The summed E-state index contributed by atoms with van der Waals surface area (Å²) in [5.41, 5.74) is 1.35. The maximum absolute atomic E-state index is 12.8. The van der Waals surface area contributed by atoms with E-state index < -0.39 is 0 Å². The molecule has 0 radical (unpaired) electrons. The Morgan fingerprint density at radius 3 is 2.81 bits per heavy atom. The van der Waals surface area contributed by atoms with E-state index in [2.05, 4.69) is 11.1 Å². The number of benzene rings is 1. The van der Waals surface area contributed by atoms with Gasteiger partial charge in [0.1, 0.15) is 4.70 Å². The van der Waals surface area contributed by atoms with E-state index in [1.165, 1.54) is 23.1 Å². The molecule has 2 heterocycles. The third kappa shape index (κ3) is 4.21. The maximum atomic E-state index is 12.8. The highest BCUT2D eigenvalue weighted by molar-refractivity contribution is 7.99. The smallest absolute Gasteiger partial charge is 0.272 e. The molecule has 0 bridgehead atoms. The van der Waals surface area contributed by atoms with Crippen LogP contribution in [0, 0.1) is 11.3 Å². The Kier molecular flexibility index (Phi) is 6.27. The second-order valence-corrected chi connectivity index (χ2v) is 7.52. The Morgan fingerprint density at radius 2 is 2.11 bits per heavy atom. The number of anilines is 1. The normalized spacial score (nSPS) is 10.7. The van der Waals surface area contributed by atoms with E-state index in [1.807, 2.05) is 48.7 Å². The molecule has 0 aliphatic heterocycles. The predicted octanol–water partition coefficient (Wildman–Crippen LogP) is 3.52. The van der Waals surface area contributed by atoms with Crippen LogP contribution in [0.1, 0.15) is 13.3 Å². The Hall–Kier alpha value is -2.63. The SMILES string of the molecule is CCn1c(SCC(=O)N(CCC#N)c2ccccc2)nc2ccsc2c1=O. The highest BCUT2D eigenvalue weighted by Gasteiger charge is 2.18. The van der Waals surface area contributed by atoms with Crippen molar-refractivity contribution < 1.29 is 4.79 Å². The quantitative estimate of drug-likeness (QED) is 0.449. The fourth-order valence-electron chi connectivity index (χ4n) is 2.68. The highest BCUT2D eigenvalue weighted by Crippen LogP contribution is 2.22. The van der Waals surface area contributed by atoms with Crippen molar-refractivity contribution >= 4 is 44.9 Å². The average molecular weight is 399 g/mol. The second-order valence-electron chi connectivity index (χ2n) is 5.66. The van der Waals surface area contributed by atoms with Crippen LogP contribution in [-0.2, 0) is 11.3 Å². The van der Waals surface area contributed by atoms with Gasteiger partial charge in [0.2, 0.25) is 5.91 Å². The summed E-state index contributed by atoms with van der Waals surface area (Å²) in [5.74, 6) is 0.0198. The van der Waals surface area contributed by atoms with Crippen molar-refractivity contribution in [2.45, 2.75) is 25.0 Å². The van der Waals surface area contributed by atoms with Crippen molar-refractivity contribution in [2.75, 3.05) is 17.2 Å². The number of amides is 1. The van der Waals surface area contributed by atoms with Crippen LogP contribution in [0.3, 0.4) is 0 Å². The molecular formula is C19H18N4O2S2. The summed E-state index contributed by atoms with van der Waals surface area (Å²) >= 11 is 2.63. The Labute approximate surface area is 165 Å². The molecule has 3 aromatic rings. The molecule has 6 nitrogen and oxygen atoms in total. The molecule has 1 amide bonds. The van der Waals surface area contributed by atoms with Gasteiger partial charge in [-0.05, 0) is 30.5 Å². The molecule has 0 saturated heterocycles. The lowest BCUT2D eigenvalue weighted by Gasteiger charge is -2.21. The number of thiophene rings is 1. The molecule has 0 atom stereocenters. The van der Waals surface area contributed by atoms with Crippen molar-refractivity contribution in [3.05, 3.63) is 52.1 Å². The van der Waals surface area contributed by atoms with E-state index in [1.54, 1.807) is 9.47 Å². The zero-order valence-electron chi connectivity index (χ0n) is 14.8. The molecule has 138 valence electrons. The second kappa shape index (κ2) is 8.84. The van der Waals surface area contributed by atoms with Gasteiger partial charge in [-0.15, -0.1) is 11.3 Å². The first-order valence-electron chi connectivity index (χ1n) is 8.49. The van der Waals surface area contributed by atoms with Crippen molar-refractivity contribution in [1.82, 2.24) is 9.55 Å². The molecule has 0 aliphatic rings. The van der Waals surface area contributed by atoms with Gasteiger partial charge in [-0.3, -0.25) is 14.2 Å². The van der Waals surface area contributed by atoms with Crippen LogP contribution in [0.25, 0.3) is 10.2 Å². The number of carbonyl (C=O) groups excluding carboxylic acids is 1. The minimum absolute atomic E-state index is 0.0724. The van der Waals surface area contributed by atoms with E-state index >= 15 is 0 Å². The van der Waals surface area contributed by atoms with Crippen LogP contribution in [-0.4, -0.2) is 27.8 Å². The lowest BCUT2D eigenvalue weighted by atomic mass is 10.2. The average Bonchev–Trinajstić information content (AvgIpc) is 3.16. The van der Waals surface area contributed by atoms with Crippen LogP contribution >= 0.6 is 23.1 Å². The fraction of sp³-hybridized carbons (Fsp3) is 0.263. The number of aromatic nitrogens is 2. The van der Waals surface area contributed by atoms with Crippen LogP contribution in [0.4, 0.5) is 5.69 Å². The van der Waals surface area contributed by atoms with Gasteiger partial charge in [0.05, 0.1) is 23.8 Å². The topological polar surface area (TPSA) is 79.0 Å². The molecule has 0 unspecified atom stereocenters. The number of nitrogens with zero attached hydrogens (tertiary/aromatic N) is 4. The number of nitriles is 1. The minimum atomic E-state index is -0.122. The molecule has 0 saturated carbocycles. The molecule has 0 fully saturated rings. The van der Waals surface area contributed by atoms with E-state index in [0.29, 0.717) is 28.5 Å². The highest BCUT2D eigenvalue weighted by atomic mass is 32.2. The Morgan fingerprint density at radius 1 is 1.33 bits per heavy atom.